The number of carbonyl (C=O) groups excluding carboxylic acids is 2. The summed E-state index contributed by atoms with van der Waals surface area (Å²) in [4.78, 5) is 27.8. The second-order valence-electron chi connectivity index (χ2n) is 12.4. The number of amides is 1. The van der Waals surface area contributed by atoms with Crippen LogP contribution >= 0.6 is 11.6 Å². The zero-order valence-electron chi connectivity index (χ0n) is 25.0. The van der Waals surface area contributed by atoms with E-state index in [1.807, 2.05) is 30.4 Å². The van der Waals surface area contributed by atoms with Crippen LogP contribution in [0.5, 0.6) is 5.75 Å². The Bertz CT molecular complexity index is 1550. The first-order valence-electron chi connectivity index (χ1n) is 15.6. The standard InChI is InChI=1S/C33H40ClN3O6S/c1-22(38)43-31-9-4-7-28-8-5-17-37(28)44(40,41)35-33(39)24-12-15-32-30(19-24)36(20-25-11-14-29(25)31)16-3-2-6-23-18-27(34)13-10-26(23)21-42-32/h4,9-10,12-13,15,18-19,25,28-29,31H,2-3,5-8,11,14,16-17,20-21H2,1H3,(H,35,39)/b9-4+/t25-,28-,29+,31-/m0/s1. The summed E-state index contributed by atoms with van der Waals surface area (Å²) in [5.41, 5.74) is 3.23. The number of ether oxygens (including phenoxy) is 2. The quantitative estimate of drug-likeness (QED) is 0.328. The number of aryl methyl sites for hydroxylation is 1. The second kappa shape index (κ2) is 13.1. The minimum Gasteiger partial charge on any atom is -0.487 e. The van der Waals surface area contributed by atoms with Gasteiger partial charge in [0, 0.05) is 49.1 Å². The number of anilines is 1. The van der Waals surface area contributed by atoms with Crippen LogP contribution in [-0.2, 0) is 32.8 Å². The van der Waals surface area contributed by atoms with E-state index in [0.29, 0.717) is 49.7 Å². The van der Waals surface area contributed by atoms with Gasteiger partial charge in [-0.2, -0.15) is 12.7 Å². The number of hydrogen-bond acceptors (Lipinski definition) is 7. The average molecular weight is 642 g/mol. The summed E-state index contributed by atoms with van der Waals surface area (Å²) in [6.07, 6.45) is 10.1. The third-order valence-corrected chi connectivity index (χ3v) is 11.3. The zero-order valence-corrected chi connectivity index (χ0v) is 26.6. The van der Waals surface area contributed by atoms with Crippen LogP contribution < -0.4 is 14.4 Å². The SMILES string of the molecule is CC(=O)O[C@H]1/C=C/C[C@H]2CCCN2S(=O)(=O)NC(=O)c2ccc3c(c2)N(CCCCc2cc(Cl)ccc2CO3)C[C@@H]2CC[C@H]21. The third-order valence-electron chi connectivity index (χ3n) is 9.48. The van der Waals surface area contributed by atoms with E-state index in [0.717, 1.165) is 55.5 Å². The van der Waals surface area contributed by atoms with Crippen molar-refractivity contribution < 1.29 is 27.5 Å². The predicted octanol–water partition coefficient (Wildman–Crippen LogP) is 5.42. The largest absolute Gasteiger partial charge is 0.487 e. The predicted molar refractivity (Wildman–Crippen MR) is 169 cm³/mol. The smallest absolute Gasteiger partial charge is 0.304 e. The Morgan fingerprint density at radius 2 is 1.91 bits per heavy atom. The van der Waals surface area contributed by atoms with Crippen molar-refractivity contribution in [3.05, 3.63) is 70.3 Å². The number of esters is 1. The van der Waals surface area contributed by atoms with E-state index in [4.69, 9.17) is 21.1 Å². The topological polar surface area (TPSA) is 105 Å². The van der Waals surface area contributed by atoms with Gasteiger partial charge in [-0.3, -0.25) is 9.59 Å². The minimum absolute atomic E-state index is 0.145. The van der Waals surface area contributed by atoms with Gasteiger partial charge in [-0.1, -0.05) is 23.7 Å². The maximum atomic E-state index is 13.4. The van der Waals surface area contributed by atoms with Gasteiger partial charge in [-0.15, -0.1) is 0 Å². The van der Waals surface area contributed by atoms with Crippen molar-refractivity contribution in [3.63, 3.8) is 0 Å². The molecule has 2 fully saturated rings. The van der Waals surface area contributed by atoms with Crippen LogP contribution in [0.15, 0.2) is 48.6 Å². The van der Waals surface area contributed by atoms with Crippen LogP contribution in [0.2, 0.25) is 5.02 Å². The Hall–Kier alpha value is -3.08. The maximum absolute atomic E-state index is 13.4. The van der Waals surface area contributed by atoms with E-state index in [-0.39, 0.29) is 35.5 Å². The Morgan fingerprint density at radius 3 is 2.70 bits per heavy atom. The van der Waals surface area contributed by atoms with Gasteiger partial charge in [-0.05, 0) is 105 Å². The number of rotatable bonds is 1. The third kappa shape index (κ3) is 6.77. The lowest BCUT2D eigenvalue weighted by Crippen LogP contribution is -2.46. The van der Waals surface area contributed by atoms with Crippen molar-refractivity contribution in [1.29, 1.82) is 0 Å². The summed E-state index contributed by atoms with van der Waals surface area (Å²) in [7, 11) is -4.07. The van der Waals surface area contributed by atoms with Crippen molar-refractivity contribution in [2.24, 2.45) is 11.8 Å². The molecule has 0 radical (unpaired) electrons. The highest BCUT2D eigenvalue weighted by molar-refractivity contribution is 7.87. The fourth-order valence-electron chi connectivity index (χ4n) is 7.04. The number of carbonyl (C=O) groups is 2. The summed E-state index contributed by atoms with van der Waals surface area (Å²) in [5.74, 6) is 0.0523. The number of benzene rings is 2. The first-order chi connectivity index (χ1) is 21.2. The molecule has 1 aliphatic carbocycles. The number of nitrogens with one attached hydrogen (secondary N) is 1. The molecule has 9 nitrogen and oxygen atoms in total. The molecule has 44 heavy (non-hydrogen) atoms. The van der Waals surface area contributed by atoms with E-state index in [9.17, 15) is 18.0 Å². The molecular formula is C33H40ClN3O6S. The zero-order chi connectivity index (χ0) is 30.8. The highest BCUT2D eigenvalue weighted by Crippen LogP contribution is 2.42. The first kappa shape index (κ1) is 30.9. The Labute approximate surface area is 264 Å². The van der Waals surface area contributed by atoms with Crippen LogP contribution in [-0.4, -0.2) is 56.4 Å². The van der Waals surface area contributed by atoms with E-state index < -0.39 is 16.1 Å². The summed E-state index contributed by atoms with van der Waals surface area (Å²) in [5, 5.41) is 0.697. The van der Waals surface area contributed by atoms with Crippen molar-refractivity contribution >= 4 is 39.4 Å². The lowest BCUT2D eigenvalue weighted by atomic mass is 9.70. The number of halogens is 1. The summed E-state index contributed by atoms with van der Waals surface area (Å²) in [6, 6.07) is 10.7. The summed E-state index contributed by atoms with van der Waals surface area (Å²) in [6.45, 7) is 3.54. The molecule has 1 saturated heterocycles. The van der Waals surface area contributed by atoms with Crippen LogP contribution in [0, 0.1) is 11.8 Å². The monoisotopic (exact) mass is 641 g/mol. The molecule has 2 bridgehead atoms. The van der Waals surface area contributed by atoms with Gasteiger partial charge in [0.2, 0.25) is 0 Å². The van der Waals surface area contributed by atoms with Crippen LogP contribution in [0.4, 0.5) is 5.69 Å². The van der Waals surface area contributed by atoms with Crippen molar-refractivity contribution in [1.82, 2.24) is 9.03 Å². The van der Waals surface area contributed by atoms with Gasteiger partial charge in [-0.25, -0.2) is 4.72 Å². The molecule has 0 unspecified atom stereocenters. The summed E-state index contributed by atoms with van der Waals surface area (Å²) < 4.78 is 42.8. The lowest BCUT2D eigenvalue weighted by molar-refractivity contribution is -0.149. The molecule has 236 valence electrons. The highest BCUT2D eigenvalue weighted by Gasteiger charge is 2.40. The molecule has 0 aromatic heterocycles. The van der Waals surface area contributed by atoms with E-state index in [1.165, 1.54) is 11.2 Å². The molecule has 4 aliphatic rings. The molecule has 0 spiro atoms. The summed E-state index contributed by atoms with van der Waals surface area (Å²) >= 11 is 6.32. The van der Waals surface area contributed by atoms with Crippen LogP contribution in [0.1, 0.15) is 73.4 Å². The van der Waals surface area contributed by atoms with E-state index in [2.05, 4.69) is 9.62 Å². The molecule has 4 atom stereocenters. The van der Waals surface area contributed by atoms with Gasteiger partial charge >= 0.3 is 16.2 Å². The number of hydrogen-bond donors (Lipinski definition) is 1. The van der Waals surface area contributed by atoms with Gasteiger partial charge in [0.25, 0.3) is 5.91 Å². The molecule has 3 heterocycles. The normalized spacial score (nSPS) is 28.0. The number of fused-ring (bicyclic) bond motifs is 4. The molecule has 6 rings (SSSR count). The van der Waals surface area contributed by atoms with E-state index >= 15 is 0 Å². The average Bonchev–Trinajstić information content (AvgIpc) is 3.43. The van der Waals surface area contributed by atoms with Crippen LogP contribution in [0.3, 0.4) is 0 Å². The Morgan fingerprint density at radius 1 is 1.05 bits per heavy atom. The van der Waals surface area contributed by atoms with E-state index in [1.54, 1.807) is 18.2 Å². The van der Waals surface area contributed by atoms with Gasteiger partial charge in [0.05, 0.1) is 5.69 Å². The fraction of sp³-hybridized carbons (Fsp3) is 0.515. The Kier molecular flexibility index (Phi) is 9.21. The molecule has 11 heteroatoms. The number of nitrogens with zero attached hydrogens (tertiary/aromatic N) is 2. The van der Waals surface area contributed by atoms with Crippen molar-refractivity contribution in [2.75, 3.05) is 24.5 Å². The van der Waals surface area contributed by atoms with Gasteiger partial charge < -0.3 is 14.4 Å². The molecule has 1 saturated carbocycles. The van der Waals surface area contributed by atoms with Gasteiger partial charge in [0.1, 0.15) is 18.5 Å². The molecule has 3 aliphatic heterocycles. The molecule has 2 aromatic carbocycles. The molecule has 1 amide bonds. The van der Waals surface area contributed by atoms with Gasteiger partial charge in [0.15, 0.2) is 0 Å². The van der Waals surface area contributed by atoms with Crippen LogP contribution in [0.25, 0.3) is 0 Å². The molecular weight excluding hydrogens is 602 g/mol. The Balaban J connectivity index is 1.39. The second-order valence-corrected chi connectivity index (χ2v) is 14.4. The molecule has 1 N–H and O–H groups in total. The maximum Gasteiger partial charge on any atom is 0.304 e. The van der Waals surface area contributed by atoms with Crippen molar-refractivity contribution in [3.8, 4) is 5.75 Å². The lowest BCUT2D eigenvalue weighted by Gasteiger charge is -2.43. The van der Waals surface area contributed by atoms with Crippen molar-refractivity contribution in [2.45, 2.75) is 77.0 Å². The highest BCUT2D eigenvalue weighted by atomic mass is 35.5. The fourth-order valence-corrected chi connectivity index (χ4v) is 8.66. The first-order valence-corrected chi connectivity index (χ1v) is 17.5. The molecule has 2 aromatic rings. The minimum atomic E-state index is -4.07.